The molecular weight excluding hydrogens is 302 g/mol. The highest BCUT2D eigenvalue weighted by Gasteiger charge is 2.30. The lowest BCUT2D eigenvalue weighted by atomic mass is 9.90. The van der Waals surface area contributed by atoms with Gasteiger partial charge in [-0.2, -0.15) is 5.10 Å². The van der Waals surface area contributed by atoms with E-state index in [1.54, 1.807) is 24.0 Å². The van der Waals surface area contributed by atoms with Gasteiger partial charge in [-0.15, -0.1) is 0 Å². The van der Waals surface area contributed by atoms with Crippen LogP contribution < -0.4 is 0 Å². The lowest BCUT2D eigenvalue weighted by Gasteiger charge is -2.24. The molecule has 0 bridgehead atoms. The SMILES string of the molecule is CCCn1cc(C(C)(O)c2cc(F)c(Cl)cc2Cl)cn1. The Kier molecular flexibility index (Phi) is 4.37. The first kappa shape index (κ1) is 15.3. The van der Waals surface area contributed by atoms with Crippen LogP contribution in [0.25, 0.3) is 0 Å². The molecule has 0 aliphatic carbocycles. The molecule has 0 fully saturated rings. The van der Waals surface area contributed by atoms with Gasteiger partial charge < -0.3 is 5.11 Å². The van der Waals surface area contributed by atoms with Crippen molar-refractivity contribution in [2.75, 3.05) is 0 Å². The first-order valence-electron chi connectivity index (χ1n) is 6.26. The zero-order valence-corrected chi connectivity index (χ0v) is 12.7. The van der Waals surface area contributed by atoms with E-state index in [0.29, 0.717) is 5.56 Å². The van der Waals surface area contributed by atoms with Crippen LogP contribution in [0.15, 0.2) is 24.5 Å². The van der Waals surface area contributed by atoms with Crippen molar-refractivity contribution in [3.8, 4) is 0 Å². The molecule has 0 radical (unpaired) electrons. The van der Waals surface area contributed by atoms with Crippen LogP contribution in [0, 0.1) is 5.82 Å². The van der Waals surface area contributed by atoms with Crippen LogP contribution in [0.3, 0.4) is 0 Å². The molecule has 1 N–H and O–H groups in total. The van der Waals surface area contributed by atoms with Crippen LogP contribution in [0.1, 0.15) is 31.4 Å². The van der Waals surface area contributed by atoms with Gasteiger partial charge in [0.15, 0.2) is 0 Å². The molecular formula is C14H15Cl2FN2O. The Morgan fingerprint density at radius 1 is 1.35 bits per heavy atom. The number of benzene rings is 1. The first-order chi connectivity index (χ1) is 9.36. The zero-order valence-electron chi connectivity index (χ0n) is 11.2. The van der Waals surface area contributed by atoms with E-state index in [9.17, 15) is 9.50 Å². The van der Waals surface area contributed by atoms with Crippen LogP contribution in [0.5, 0.6) is 0 Å². The number of aryl methyl sites for hydroxylation is 1. The predicted octanol–water partition coefficient (Wildman–Crippen LogP) is 3.99. The molecule has 0 aliphatic heterocycles. The molecule has 20 heavy (non-hydrogen) atoms. The topological polar surface area (TPSA) is 38.0 Å². The first-order valence-corrected chi connectivity index (χ1v) is 7.02. The molecule has 1 atom stereocenters. The molecule has 3 nitrogen and oxygen atoms in total. The Bertz CT molecular complexity index is 626. The molecule has 1 aromatic heterocycles. The van der Waals surface area contributed by atoms with Gasteiger partial charge in [-0.3, -0.25) is 4.68 Å². The van der Waals surface area contributed by atoms with E-state index in [1.807, 2.05) is 6.92 Å². The Hall–Kier alpha value is -1.10. The third-order valence-electron chi connectivity index (χ3n) is 3.18. The monoisotopic (exact) mass is 316 g/mol. The van der Waals surface area contributed by atoms with E-state index >= 15 is 0 Å². The summed E-state index contributed by atoms with van der Waals surface area (Å²) in [6.45, 7) is 4.33. The molecule has 2 aromatic rings. The number of nitrogens with zero attached hydrogens (tertiary/aromatic N) is 2. The average molecular weight is 317 g/mol. The molecule has 0 spiro atoms. The molecule has 1 unspecified atom stereocenters. The quantitative estimate of drug-likeness (QED) is 0.866. The van der Waals surface area contributed by atoms with Crippen molar-refractivity contribution >= 4 is 23.2 Å². The summed E-state index contributed by atoms with van der Waals surface area (Å²) in [4.78, 5) is 0. The molecule has 1 aromatic carbocycles. The highest BCUT2D eigenvalue weighted by molar-refractivity contribution is 6.35. The van der Waals surface area contributed by atoms with Gasteiger partial charge in [0.1, 0.15) is 11.4 Å². The summed E-state index contributed by atoms with van der Waals surface area (Å²) in [5, 5.41) is 15.0. The van der Waals surface area contributed by atoms with Gasteiger partial charge in [0, 0.05) is 28.9 Å². The van der Waals surface area contributed by atoms with Gasteiger partial charge in [-0.25, -0.2) is 4.39 Å². The summed E-state index contributed by atoms with van der Waals surface area (Å²) < 4.78 is 15.3. The number of hydrogen-bond acceptors (Lipinski definition) is 2. The van der Waals surface area contributed by atoms with Crippen molar-refractivity contribution in [2.45, 2.75) is 32.4 Å². The van der Waals surface area contributed by atoms with Gasteiger partial charge in [0.05, 0.1) is 11.2 Å². The second-order valence-electron chi connectivity index (χ2n) is 4.81. The van der Waals surface area contributed by atoms with Gasteiger partial charge in [-0.1, -0.05) is 30.1 Å². The second kappa shape index (κ2) is 5.72. The Labute approximate surface area is 126 Å². The van der Waals surface area contributed by atoms with Gasteiger partial charge in [0.2, 0.25) is 0 Å². The molecule has 108 valence electrons. The maximum atomic E-state index is 13.6. The Morgan fingerprint density at radius 3 is 2.70 bits per heavy atom. The number of aliphatic hydroxyl groups is 1. The average Bonchev–Trinajstić information content (AvgIpc) is 2.83. The van der Waals surface area contributed by atoms with Crippen molar-refractivity contribution in [2.24, 2.45) is 0 Å². The molecule has 0 amide bonds. The third kappa shape index (κ3) is 2.82. The van der Waals surface area contributed by atoms with E-state index in [1.165, 1.54) is 6.07 Å². The summed E-state index contributed by atoms with van der Waals surface area (Å²) in [5.74, 6) is -0.618. The molecule has 0 saturated heterocycles. The second-order valence-corrected chi connectivity index (χ2v) is 5.62. The van der Waals surface area contributed by atoms with Crippen LogP contribution in [0.4, 0.5) is 4.39 Å². The fraction of sp³-hybridized carbons (Fsp3) is 0.357. The van der Waals surface area contributed by atoms with Gasteiger partial charge in [-0.05, 0) is 25.5 Å². The predicted molar refractivity (Wildman–Crippen MR) is 77.6 cm³/mol. The fourth-order valence-corrected chi connectivity index (χ4v) is 2.58. The smallest absolute Gasteiger partial charge is 0.142 e. The zero-order chi connectivity index (χ0) is 14.9. The minimum absolute atomic E-state index is 0.0729. The van der Waals surface area contributed by atoms with Crippen molar-refractivity contribution in [3.05, 3.63) is 51.5 Å². The van der Waals surface area contributed by atoms with Crippen molar-refractivity contribution < 1.29 is 9.50 Å². The molecule has 1 heterocycles. The maximum Gasteiger partial charge on any atom is 0.142 e. The van der Waals surface area contributed by atoms with E-state index < -0.39 is 11.4 Å². The summed E-state index contributed by atoms with van der Waals surface area (Å²) in [6, 6.07) is 2.44. The summed E-state index contributed by atoms with van der Waals surface area (Å²) >= 11 is 11.7. The fourth-order valence-electron chi connectivity index (χ4n) is 2.02. The van der Waals surface area contributed by atoms with E-state index in [0.717, 1.165) is 19.0 Å². The van der Waals surface area contributed by atoms with E-state index in [-0.39, 0.29) is 15.6 Å². The number of aromatic nitrogens is 2. The summed E-state index contributed by atoms with van der Waals surface area (Å²) in [7, 11) is 0. The Morgan fingerprint density at radius 2 is 2.05 bits per heavy atom. The van der Waals surface area contributed by atoms with Crippen LogP contribution in [-0.2, 0) is 12.1 Å². The molecule has 0 aliphatic rings. The third-order valence-corrected chi connectivity index (χ3v) is 3.78. The number of hydrogen-bond donors (Lipinski definition) is 1. The minimum Gasteiger partial charge on any atom is -0.381 e. The largest absolute Gasteiger partial charge is 0.381 e. The lowest BCUT2D eigenvalue weighted by molar-refractivity contribution is 0.102. The maximum absolute atomic E-state index is 13.6. The van der Waals surface area contributed by atoms with Crippen molar-refractivity contribution in [1.29, 1.82) is 0 Å². The van der Waals surface area contributed by atoms with Crippen molar-refractivity contribution in [3.63, 3.8) is 0 Å². The number of halogens is 3. The highest BCUT2D eigenvalue weighted by Crippen LogP contribution is 2.36. The molecule has 6 heteroatoms. The van der Waals surface area contributed by atoms with Crippen molar-refractivity contribution in [1.82, 2.24) is 9.78 Å². The summed E-state index contributed by atoms with van der Waals surface area (Å²) in [5.41, 5.74) is -0.624. The molecule has 0 saturated carbocycles. The van der Waals surface area contributed by atoms with E-state index in [4.69, 9.17) is 23.2 Å². The standard InChI is InChI=1S/C14H15Cl2FN2O/c1-3-4-19-8-9(7-18-19)14(2,20)10-5-13(17)12(16)6-11(10)15/h5-8,20H,3-4H2,1-2H3. The molecule has 2 rings (SSSR count). The minimum atomic E-state index is -1.44. The Balaban J connectivity index is 2.45. The number of rotatable bonds is 4. The lowest BCUT2D eigenvalue weighted by Crippen LogP contribution is -2.23. The normalized spacial score (nSPS) is 14.3. The van der Waals surface area contributed by atoms with Gasteiger partial charge in [0.25, 0.3) is 0 Å². The van der Waals surface area contributed by atoms with E-state index in [2.05, 4.69) is 5.10 Å². The van der Waals surface area contributed by atoms with Crippen LogP contribution in [0.2, 0.25) is 10.0 Å². The van der Waals surface area contributed by atoms with Crippen LogP contribution >= 0.6 is 23.2 Å². The van der Waals surface area contributed by atoms with Crippen LogP contribution in [-0.4, -0.2) is 14.9 Å². The van der Waals surface area contributed by atoms with Gasteiger partial charge >= 0.3 is 0 Å². The summed E-state index contributed by atoms with van der Waals surface area (Å²) in [6.07, 6.45) is 4.21. The highest BCUT2D eigenvalue weighted by atomic mass is 35.5.